The molecule has 0 bridgehead atoms. The number of aliphatic hydroxyl groups is 3. The molecule has 3 N–H and O–H groups in total. The summed E-state index contributed by atoms with van der Waals surface area (Å²) >= 11 is 1.77. The normalized spacial score (nSPS) is 37.3. The number of rotatable bonds is 7. The van der Waals surface area contributed by atoms with Gasteiger partial charge in [-0.25, -0.2) is 4.98 Å². The number of thiazole rings is 1. The largest absolute Gasteiger partial charge is 0.393 e. The zero-order valence-corrected chi connectivity index (χ0v) is 23.6. The van der Waals surface area contributed by atoms with Gasteiger partial charge in [0.15, 0.2) is 0 Å². The maximum atomic E-state index is 11.2. The van der Waals surface area contributed by atoms with E-state index in [0.29, 0.717) is 30.6 Å². The van der Waals surface area contributed by atoms with Crippen LogP contribution >= 0.6 is 11.3 Å². The van der Waals surface area contributed by atoms with E-state index < -0.39 is 18.3 Å². The molecule has 4 fully saturated rings. The molecule has 4 nitrogen and oxygen atoms in total. The summed E-state index contributed by atoms with van der Waals surface area (Å²) in [5.41, 5.74) is 3.39. The summed E-state index contributed by atoms with van der Waals surface area (Å²) in [6.07, 6.45) is 19.2. The van der Waals surface area contributed by atoms with E-state index in [1.165, 1.54) is 36.1 Å². The van der Waals surface area contributed by atoms with Crippen molar-refractivity contribution < 1.29 is 15.3 Å². The van der Waals surface area contributed by atoms with Crippen LogP contribution < -0.4 is 0 Å². The van der Waals surface area contributed by atoms with Gasteiger partial charge in [-0.3, -0.25) is 0 Å². The van der Waals surface area contributed by atoms with Crippen molar-refractivity contribution in [2.24, 2.45) is 23.2 Å². The van der Waals surface area contributed by atoms with Crippen LogP contribution in [0.3, 0.4) is 0 Å². The maximum Gasteiger partial charge on any atom is 0.102 e. The van der Waals surface area contributed by atoms with E-state index in [-0.39, 0.29) is 10.8 Å². The van der Waals surface area contributed by atoms with Gasteiger partial charge in [-0.05, 0) is 92.1 Å². The van der Waals surface area contributed by atoms with Crippen LogP contribution in [0.25, 0.3) is 0 Å². The van der Waals surface area contributed by atoms with E-state index in [0.717, 1.165) is 41.8 Å². The highest BCUT2D eigenvalue weighted by molar-refractivity contribution is 7.11. The topological polar surface area (TPSA) is 73.6 Å². The van der Waals surface area contributed by atoms with E-state index in [4.69, 9.17) is 0 Å². The number of aromatic nitrogens is 1. The van der Waals surface area contributed by atoms with Gasteiger partial charge in [-0.15, -0.1) is 11.3 Å². The van der Waals surface area contributed by atoms with Crippen LogP contribution in [0.1, 0.15) is 88.4 Å². The van der Waals surface area contributed by atoms with Crippen molar-refractivity contribution in [3.05, 3.63) is 63.7 Å². The lowest BCUT2D eigenvalue weighted by Crippen LogP contribution is -2.35. The third kappa shape index (κ3) is 5.09. The van der Waals surface area contributed by atoms with Crippen LogP contribution in [-0.4, -0.2) is 38.6 Å². The maximum absolute atomic E-state index is 11.2. The fraction of sp³-hybridized carbons (Fsp3) is 0.656. The average Bonchev–Trinajstić information content (AvgIpc) is 3.39. The van der Waals surface area contributed by atoms with Crippen LogP contribution in [0, 0.1) is 23.2 Å². The van der Waals surface area contributed by atoms with Gasteiger partial charge in [0.05, 0.1) is 23.7 Å². The van der Waals surface area contributed by atoms with Gasteiger partial charge in [0.2, 0.25) is 0 Å². The Hall–Kier alpha value is -1.53. The third-order valence-electron chi connectivity index (χ3n) is 10.2. The Morgan fingerprint density at radius 3 is 2.68 bits per heavy atom. The summed E-state index contributed by atoms with van der Waals surface area (Å²) in [5.74, 6) is 1.60. The summed E-state index contributed by atoms with van der Waals surface area (Å²) < 4.78 is 0. The second-order valence-corrected chi connectivity index (χ2v) is 13.6. The minimum Gasteiger partial charge on any atom is -0.393 e. The van der Waals surface area contributed by atoms with E-state index in [1.807, 2.05) is 6.20 Å². The number of fused-ring (bicyclic) bond motifs is 1. The molecular weight excluding hydrogens is 478 g/mol. The Morgan fingerprint density at radius 1 is 1.19 bits per heavy atom. The van der Waals surface area contributed by atoms with E-state index in [1.54, 1.807) is 11.3 Å². The average molecular weight is 524 g/mol. The number of allylic oxidation sites excluding steroid dienone is 4. The fourth-order valence-corrected chi connectivity index (χ4v) is 8.81. The van der Waals surface area contributed by atoms with Gasteiger partial charge in [-0.2, -0.15) is 0 Å². The number of hydrogen-bond donors (Lipinski definition) is 3. The highest BCUT2D eigenvalue weighted by Gasteiger charge is 2.53. The molecule has 0 amide bonds. The summed E-state index contributed by atoms with van der Waals surface area (Å²) in [5, 5.41) is 32.6. The Bertz CT molecular complexity index is 1100. The molecule has 1 heterocycles. The fourth-order valence-electron chi connectivity index (χ4n) is 7.68. The SMILES string of the molecule is C=C1C(=CC=C2CCC[C@]3(C)[C@@H]([C@H](C)C=C[C@H](O)C4(c5ncc(CC)s5)CC4)CC[C@@H]23)C[C@@H](O)C[C@@H]1O. The van der Waals surface area contributed by atoms with Gasteiger partial charge in [0, 0.05) is 17.5 Å². The van der Waals surface area contributed by atoms with Gasteiger partial charge in [0.25, 0.3) is 0 Å². The molecule has 1 aromatic heterocycles. The molecule has 202 valence electrons. The van der Waals surface area contributed by atoms with Gasteiger partial charge >= 0.3 is 0 Å². The molecule has 4 aliphatic carbocycles. The predicted molar refractivity (Wildman–Crippen MR) is 151 cm³/mol. The Balaban J connectivity index is 1.28. The smallest absolute Gasteiger partial charge is 0.102 e. The molecule has 5 heteroatoms. The molecule has 7 atom stereocenters. The first-order valence-electron chi connectivity index (χ1n) is 14.4. The quantitative estimate of drug-likeness (QED) is 0.360. The zero-order chi connectivity index (χ0) is 26.4. The van der Waals surface area contributed by atoms with Crippen LogP contribution in [0.5, 0.6) is 0 Å². The predicted octanol–water partition coefficient (Wildman–Crippen LogP) is 6.43. The van der Waals surface area contributed by atoms with Crippen molar-refractivity contribution >= 4 is 11.3 Å². The van der Waals surface area contributed by atoms with E-state index >= 15 is 0 Å². The molecule has 0 saturated heterocycles. The molecule has 37 heavy (non-hydrogen) atoms. The molecule has 0 aliphatic heterocycles. The molecule has 0 unspecified atom stereocenters. The van der Waals surface area contributed by atoms with Crippen molar-refractivity contribution in [2.45, 2.75) is 109 Å². The summed E-state index contributed by atoms with van der Waals surface area (Å²) in [4.78, 5) is 5.96. The first kappa shape index (κ1) is 27.1. The van der Waals surface area contributed by atoms with Gasteiger partial charge in [0.1, 0.15) is 5.01 Å². The lowest BCUT2D eigenvalue weighted by molar-refractivity contribution is 0.0862. The van der Waals surface area contributed by atoms with E-state index in [2.05, 4.69) is 56.6 Å². The number of nitrogens with zero attached hydrogens (tertiary/aromatic N) is 1. The second kappa shape index (κ2) is 10.6. The molecule has 0 aromatic carbocycles. The molecular formula is C32H45NO3S. The molecule has 0 radical (unpaired) electrons. The van der Waals surface area contributed by atoms with Crippen molar-refractivity contribution in [3.8, 4) is 0 Å². The lowest BCUT2D eigenvalue weighted by Gasteiger charge is -2.44. The first-order valence-corrected chi connectivity index (χ1v) is 15.3. The number of aliphatic hydroxyl groups excluding tert-OH is 3. The Kier molecular flexibility index (Phi) is 7.72. The highest BCUT2D eigenvalue weighted by Crippen LogP contribution is 2.60. The lowest BCUT2D eigenvalue weighted by atomic mass is 9.61. The molecule has 1 aromatic rings. The minimum atomic E-state index is -0.636. The summed E-state index contributed by atoms with van der Waals surface area (Å²) in [7, 11) is 0. The van der Waals surface area contributed by atoms with Crippen LogP contribution in [0.4, 0.5) is 0 Å². The van der Waals surface area contributed by atoms with Crippen molar-refractivity contribution in [1.29, 1.82) is 0 Å². The molecule has 5 rings (SSSR count). The number of hydrogen-bond acceptors (Lipinski definition) is 5. The van der Waals surface area contributed by atoms with Gasteiger partial charge in [-0.1, -0.05) is 57.2 Å². The van der Waals surface area contributed by atoms with Crippen molar-refractivity contribution in [1.82, 2.24) is 4.98 Å². The number of aryl methyl sites for hydroxylation is 1. The minimum absolute atomic E-state index is 0.158. The van der Waals surface area contributed by atoms with Crippen LogP contribution in [0.15, 0.2) is 53.8 Å². The molecule has 4 saturated carbocycles. The van der Waals surface area contributed by atoms with Crippen molar-refractivity contribution in [2.75, 3.05) is 0 Å². The standard InChI is InChI=1S/C32H45NO3S/c1-5-25-19-33-30(37-25)32(15-16-32)29(36)13-8-20(2)26-11-12-27-22(7-6-14-31(26,27)4)9-10-23-17-24(34)18-28(35)21(23)3/h8-10,13,19-20,24,26-29,34-36H,3,5-7,11-12,14-18H2,1-2,4H3/t20-,24-,26-,27+,28+,29+,31-/m1/s1. The van der Waals surface area contributed by atoms with Crippen LogP contribution in [0.2, 0.25) is 0 Å². The highest BCUT2D eigenvalue weighted by atomic mass is 32.1. The zero-order valence-electron chi connectivity index (χ0n) is 22.8. The first-order chi connectivity index (χ1) is 17.7. The Labute approximate surface area is 226 Å². The summed E-state index contributed by atoms with van der Waals surface area (Å²) in [6.45, 7) is 11.1. The third-order valence-corrected chi connectivity index (χ3v) is 11.6. The molecule has 4 aliphatic rings. The van der Waals surface area contributed by atoms with Gasteiger partial charge < -0.3 is 15.3 Å². The van der Waals surface area contributed by atoms with Crippen molar-refractivity contribution in [3.63, 3.8) is 0 Å². The van der Waals surface area contributed by atoms with E-state index in [9.17, 15) is 15.3 Å². The summed E-state index contributed by atoms with van der Waals surface area (Å²) in [6, 6.07) is 0. The second-order valence-electron chi connectivity index (χ2n) is 12.5. The molecule has 0 spiro atoms. The Morgan fingerprint density at radius 2 is 1.97 bits per heavy atom. The monoisotopic (exact) mass is 523 g/mol. The van der Waals surface area contributed by atoms with Crippen LogP contribution in [-0.2, 0) is 11.8 Å².